The zero-order valence-electron chi connectivity index (χ0n) is 9.49. The lowest BCUT2D eigenvalue weighted by Gasteiger charge is -2.09. The first-order valence-corrected chi connectivity index (χ1v) is 6.52. The highest BCUT2D eigenvalue weighted by Gasteiger charge is 2.17. The molecule has 9 heteroatoms. The number of imidazole rings is 1. The van der Waals surface area contributed by atoms with Crippen LogP contribution in [0, 0.1) is 0 Å². The monoisotopic (exact) mass is 282 g/mol. The minimum Gasteiger partial charge on any atom is -0.478 e. The fourth-order valence-electron chi connectivity index (χ4n) is 1.38. The first kappa shape index (κ1) is 12.9. The maximum atomic E-state index is 11.9. The van der Waals surface area contributed by atoms with Gasteiger partial charge in [-0.05, 0) is 18.2 Å². The lowest BCUT2D eigenvalue weighted by atomic mass is 10.2. The molecule has 0 spiro atoms. The van der Waals surface area contributed by atoms with Crippen LogP contribution in [-0.4, -0.2) is 29.5 Å². The summed E-state index contributed by atoms with van der Waals surface area (Å²) in [4.78, 5) is 16.8. The Hall–Kier alpha value is -2.55. The van der Waals surface area contributed by atoms with Crippen molar-refractivity contribution >= 4 is 27.4 Å². The average molecular weight is 282 g/mol. The van der Waals surface area contributed by atoms with Gasteiger partial charge >= 0.3 is 5.97 Å². The van der Waals surface area contributed by atoms with Gasteiger partial charge in [0.1, 0.15) is 0 Å². The predicted octanol–water partition coefficient (Wildman–Crippen LogP) is 0.491. The first-order valence-electron chi connectivity index (χ1n) is 5.04. The van der Waals surface area contributed by atoms with Gasteiger partial charge in [-0.25, -0.2) is 9.78 Å². The van der Waals surface area contributed by atoms with Gasteiger partial charge in [0.2, 0.25) is 0 Å². The molecule has 5 N–H and O–H groups in total. The molecule has 0 radical (unpaired) electrons. The molecule has 8 nitrogen and oxygen atoms in total. The highest BCUT2D eigenvalue weighted by atomic mass is 32.2. The first-order chi connectivity index (χ1) is 8.90. The molecule has 100 valence electrons. The van der Waals surface area contributed by atoms with Gasteiger partial charge < -0.3 is 15.8 Å². The van der Waals surface area contributed by atoms with Crippen molar-refractivity contribution in [3.63, 3.8) is 0 Å². The van der Waals surface area contributed by atoms with Gasteiger partial charge in [0.05, 0.1) is 29.5 Å². The topological polar surface area (TPSA) is 138 Å². The minimum atomic E-state index is -3.82. The second-order valence-corrected chi connectivity index (χ2v) is 5.28. The van der Waals surface area contributed by atoms with Crippen molar-refractivity contribution in [2.24, 2.45) is 0 Å². The van der Waals surface area contributed by atoms with E-state index >= 15 is 0 Å². The molecule has 0 fully saturated rings. The van der Waals surface area contributed by atoms with E-state index in [-0.39, 0.29) is 22.0 Å². The molecule has 0 saturated carbocycles. The number of aromatic carboxylic acids is 1. The number of benzene rings is 1. The minimum absolute atomic E-state index is 0.0167. The van der Waals surface area contributed by atoms with Crippen LogP contribution in [0.3, 0.4) is 0 Å². The zero-order valence-corrected chi connectivity index (χ0v) is 10.3. The van der Waals surface area contributed by atoms with Gasteiger partial charge in [0, 0.05) is 0 Å². The Morgan fingerprint density at radius 2 is 2.16 bits per heavy atom. The number of aromatic amines is 1. The smallest absolute Gasteiger partial charge is 0.335 e. The third-order valence-electron chi connectivity index (χ3n) is 2.31. The van der Waals surface area contributed by atoms with Crippen LogP contribution in [0.1, 0.15) is 10.4 Å². The molecule has 1 aromatic heterocycles. The van der Waals surface area contributed by atoms with Crippen molar-refractivity contribution in [2.45, 2.75) is 5.03 Å². The number of anilines is 2. The Morgan fingerprint density at radius 1 is 1.42 bits per heavy atom. The number of nitrogens with two attached hydrogens (primary N) is 1. The van der Waals surface area contributed by atoms with Crippen LogP contribution in [0.5, 0.6) is 0 Å². The summed E-state index contributed by atoms with van der Waals surface area (Å²) in [6, 6.07) is 3.71. The Kier molecular flexibility index (Phi) is 3.13. The van der Waals surface area contributed by atoms with E-state index in [1.807, 2.05) is 0 Å². The summed E-state index contributed by atoms with van der Waals surface area (Å²) in [7, 11) is -3.82. The van der Waals surface area contributed by atoms with E-state index in [9.17, 15) is 13.2 Å². The van der Waals surface area contributed by atoms with Gasteiger partial charge in [-0.2, -0.15) is 8.42 Å². The molecule has 0 atom stereocenters. The third-order valence-corrected chi connectivity index (χ3v) is 3.60. The van der Waals surface area contributed by atoms with E-state index in [4.69, 9.17) is 10.8 Å². The molecule has 0 aliphatic heterocycles. The average Bonchev–Trinajstić information content (AvgIpc) is 2.85. The van der Waals surface area contributed by atoms with Gasteiger partial charge in [-0.15, -0.1) is 0 Å². The number of nitrogen functional groups attached to an aromatic ring is 1. The largest absolute Gasteiger partial charge is 0.478 e. The van der Waals surface area contributed by atoms with Crippen molar-refractivity contribution in [3.8, 4) is 0 Å². The van der Waals surface area contributed by atoms with Crippen LogP contribution in [0.15, 0.2) is 35.7 Å². The van der Waals surface area contributed by atoms with Crippen LogP contribution in [0.4, 0.5) is 11.4 Å². The molecule has 2 aromatic rings. The summed E-state index contributed by atoms with van der Waals surface area (Å²) in [6.07, 6.45) is 2.37. The number of carboxylic acid groups (broad SMARTS) is 1. The van der Waals surface area contributed by atoms with E-state index in [1.165, 1.54) is 24.5 Å². The molecule has 0 bridgehead atoms. The van der Waals surface area contributed by atoms with Crippen molar-refractivity contribution in [1.82, 2.24) is 9.97 Å². The summed E-state index contributed by atoms with van der Waals surface area (Å²) >= 11 is 0. The Labute approximate surface area is 108 Å². The fourth-order valence-corrected chi connectivity index (χ4v) is 2.37. The van der Waals surface area contributed by atoms with Crippen molar-refractivity contribution in [1.29, 1.82) is 0 Å². The molecule has 0 amide bonds. The van der Waals surface area contributed by atoms with Gasteiger partial charge in [0.25, 0.3) is 10.0 Å². The molecule has 19 heavy (non-hydrogen) atoms. The lowest BCUT2D eigenvalue weighted by molar-refractivity contribution is 0.0697. The van der Waals surface area contributed by atoms with E-state index in [2.05, 4.69) is 14.7 Å². The number of carbonyl (C=O) groups is 1. The molecule has 0 aliphatic carbocycles. The number of rotatable bonds is 4. The SMILES string of the molecule is Nc1cc(C(=O)O)ccc1NS(=O)(=O)c1cnc[nH]1. The number of aromatic nitrogens is 2. The summed E-state index contributed by atoms with van der Waals surface area (Å²) in [5.74, 6) is -1.14. The molecular formula is C10H10N4O4S. The summed E-state index contributed by atoms with van der Waals surface area (Å²) < 4.78 is 26.0. The van der Waals surface area contributed by atoms with Crippen LogP contribution < -0.4 is 10.5 Å². The van der Waals surface area contributed by atoms with Gasteiger partial charge in [-0.3, -0.25) is 4.72 Å². The number of sulfonamides is 1. The van der Waals surface area contributed by atoms with Crippen LogP contribution in [0.25, 0.3) is 0 Å². The predicted molar refractivity (Wildman–Crippen MR) is 67.2 cm³/mol. The van der Waals surface area contributed by atoms with Crippen molar-refractivity contribution in [3.05, 3.63) is 36.3 Å². The van der Waals surface area contributed by atoms with Gasteiger partial charge in [-0.1, -0.05) is 0 Å². The Morgan fingerprint density at radius 3 is 2.68 bits per heavy atom. The molecular weight excluding hydrogens is 272 g/mol. The van der Waals surface area contributed by atoms with Crippen LogP contribution >= 0.6 is 0 Å². The summed E-state index contributed by atoms with van der Waals surface area (Å²) in [5.41, 5.74) is 5.69. The van der Waals surface area contributed by atoms with E-state index in [0.29, 0.717) is 0 Å². The summed E-state index contributed by atoms with van der Waals surface area (Å²) in [6.45, 7) is 0. The second-order valence-electron chi connectivity index (χ2n) is 3.63. The van der Waals surface area contributed by atoms with E-state index in [0.717, 1.165) is 6.20 Å². The highest BCUT2D eigenvalue weighted by Crippen LogP contribution is 2.22. The zero-order chi connectivity index (χ0) is 14.0. The maximum absolute atomic E-state index is 11.9. The molecule has 0 saturated heterocycles. The number of carboxylic acids is 1. The number of nitrogens with one attached hydrogen (secondary N) is 2. The summed E-state index contributed by atoms with van der Waals surface area (Å²) in [5, 5.41) is 8.66. The number of nitrogens with zero attached hydrogens (tertiary/aromatic N) is 1. The molecule has 1 heterocycles. The Bertz CT molecular complexity index is 709. The molecule has 2 rings (SSSR count). The quantitative estimate of drug-likeness (QED) is 0.602. The number of hydrogen-bond donors (Lipinski definition) is 4. The normalized spacial score (nSPS) is 11.2. The molecule has 0 unspecified atom stereocenters. The lowest BCUT2D eigenvalue weighted by Crippen LogP contribution is -2.14. The molecule has 0 aliphatic rings. The second kappa shape index (κ2) is 4.61. The van der Waals surface area contributed by atoms with E-state index in [1.54, 1.807) is 0 Å². The third kappa shape index (κ3) is 2.65. The standard InChI is InChI=1S/C10H10N4O4S/c11-7-3-6(10(15)16)1-2-8(7)14-19(17,18)9-4-12-5-13-9/h1-5,14H,11H2,(H,12,13)(H,15,16). The maximum Gasteiger partial charge on any atom is 0.335 e. The van der Waals surface area contributed by atoms with Crippen LogP contribution in [0.2, 0.25) is 0 Å². The molecule has 1 aromatic carbocycles. The van der Waals surface area contributed by atoms with Crippen LogP contribution in [-0.2, 0) is 10.0 Å². The number of hydrogen-bond acceptors (Lipinski definition) is 5. The number of H-pyrrole nitrogens is 1. The van der Waals surface area contributed by atoms with Gasteiger partial charge in [0.15, 0.2) is 5.03 Å². The van der Waals surface area contributed by atoms with E-state index < -0.39 is 16.0 Å². The fraction of sp³-hybridized carbons (Fsp3) is 0. The van der Waals surface area contributed by atoms with Crippen molar-refractivity contribution < 1.29 is 18.3 Å². The Balaban J connectivity index is 2.32. The van der Waals surface area contributed by atoms with Crippen molar-refractivity contribution in [2.75, 3.05) is 10.5 Å². The highest BCUT2D eigenvalue weighted by molar-refractivity contribution is 7.92.